The molecule has 0 amide bonds. The summed E-state index contributed by atoms with van der Waals surface area (Å²) < 4.78 is 15.3. The molecule has 4 nitrogen and oxygen atoms in total. The molecule has 0 fully saturated rings. The molecule has 23 heavy (non-hydrogen) atoms. The summed E-state index contributed by atoms with van der Waals surface area (Å²) >= 11 is 0. The first kappa shape index (κ1) is 15.4. The van der Waals surface area contributed by atoms with Gasteiger partial charge in [0.2, 0.25) is 0 Å². The van der Waals surface area contributed by atoms with Gasteiger partial charge in [-0.25, -0.2) is 9.07 Å². The Balaban J connectivity index is 2.11. The highest BCUT2D eigenvalue weighted by molar-refractivity contribution is 5.64. The van der Waals surface area contributed by atoms with Crippen LogP contribution in [-0.4, -0.2) is 15.0 Å². The number of nitrogens with zero attached hydrogens (tertiary/aromatic N) is 3. The lowest BCUT2D eigenvalue weighted by Gasteiger charge is -2.10. The highest BCUT2D eigenvalue weighted by Gasteiger charge is 2.16. The van der Waals surface area contributed by atoms with E-state index in [0.29, 0.717) is 17.2 Å². The van der Waals surface area contributed by atoms with Crippen molar-refractivity contribution in [2.24, 2.45) is 5.73 Å². The van der Waals surface area contributed by atoms with E-state index in [4.69, 9.17) is 5.73 Å². The minimum Gasteiger partial charge on any atom is -0.325 e. The van der Waals surface area contributed by atoms with Gasteiger partial charge >= 0.3 is 0 Å². The summed E-state index contributed by atoms with van der Waals surface area (Å²) in [6.45, 7) is 4.54. The Labute approximate surface area is 134 Å². The molecule has 0 saturated carbocycles. The maximum atomic E-state index is 13.6. The number of halogens is 1. The van der Waals surface area contributed by atoms with Crippen molar-refractivity contribution < 1.29 is 4.39 Å². The zero-order valence-corrected chi connectivity index (χ0v) is 13.2. The standard InChI is InChI=1S/C18H19FN4/c1-12(2)13-6-8-16(9-7-13)23-18(17(11-20)21-22-23)14-4-3-5-15(19)10-14/h3-10,12H,11,20H2,1-2H3. The van der Waals surface area contributed by atoms with Crippen LogP contribution in [0.25, 0.3) is 16.9 Å². The van der Waals surface area contributed by atoms with Gasteiger partial charge in [-0.3, -0.25) is 0 Å². The minimum atomic E-state index is -0.298. The molecule has 2 N–H and O–H groups in total. The van der Waals surface area contributed by atoms with Crippen LogP contribution in [0.5, 0.6) is 0 Å². The Kier molecular flexibility index (Phi) is 4.21. The second-order valence-electron chi connectivity index (χ2n) is 5.76. The van der Waals surface area contributed by atoms with Crippen molar-refractivity contribution in [1.29, 1.82) is 0 Å². The number of aromatic nitrogens is 3. The topological polar surface area (TPSA) is 56.7 Å². The quantitative estimate of drug-likeness (QED) is 0.800. The Morgan fingerprint density at radius 3 is 2.48 bits per heavy atom. The zero-order chi connectivity index (χ0) is 16.4. The van der Waals surface area contributed by atoms with E-state index in [1.54, 1.807) is 10.7 Å². The molecule has 2 aromatic carbocycles. The maximum absolute atomic E-state index is 13.6. The Morgan fingerprint density at radius 1 is 1.13 bits per heavy atom. The van der Waals surface area contributed by atoms with Gasteiger partial charge in [-0.15, -0.1) is 5.10 Å². The van der Waals surface area contributed by atoms with Crippen molar-refractivity contribution in [1.82, 2.24) is 15.0 Å². The minimum absolute atomic E-state index is 0.246. The molecular weight excluding hydrogens is 291 g/mol. The highest BCUT2D eigenvalue weighted by atomic mass is 19.1. The van der Waals surface area contributed by atoms with E-state index in [-0.39, 0.29) is 12.4 Å². The molecule has 3 rings (SSSR count). The summed E-state index contributed by atoms with van der Waals surface area (Å²) in [5.74, 6) is 0.162. The molecular formula is C18H19FN4. The maximum Gasteiger partial charge on any atom is 0.123 e. The van der Waals surface area contributed by atoms with Crippen LogP contribution < -0.4 is 5.73 Å². The molecule has 0 atom stereocenters. The van der Waals surface area contributed by atoms with Crippen molar-refractivity contribution in [2.75, 3.05) is 0 Å². The third-order valence-corrected chi connectivity index (χ3v) is 3.84. The molecule has 0 radical (unpaired) electrons. The highest BCUT2D eigenvalue weighted by Crippen LogP contribution is 2.26. The number of hydrogen-bond donors (Lipinski definition) is 1. The second kappa shape index (κ2) is 6.30. The van der Waals surface area contributed by atoms with Crippen LogP contribution in [0.1, 0.15) is 31.0 Å². The van der Waals surface area contributed by atoms with Crippen LogP contribution in [0.4, 0.5) is 4.39 Å². The van der Waals surface area contributed by atoms with Crippen LogP contribution >= 0.6 is 0 Å². The van der Waals surface area contributed by atoms with Crippen molar-refractivity contribution in [3.05, 3.63) is 65.6 Å². The summed E-state index contributed by atoms with van der Waals surface area (Å²) in [5.41, 5.74) is 9.98. The largest absolute Gasteiger partial charge is 0.325 e. The third-order valence-electron chi connectivity index (χ3n) is 3.84. The predicted molar refractivity (Wildman–Crippen MR) is 88.7 cm³/mol. The van der Waals surface area contributed by atoms with Crippen molar-refractivity contribution in [3.63, 3.8) is 0 Å². The average Bonchev–Trinajstić information content (AvgIpc) is 2.99. The van der Waals surface area contributed by atoms with Gasteiger partial charge in [-0.05, 0) is 35.7 Å². The average molecular weight is 310 g/mol. The molecule has 1 heterocycles. The SMILES string of the molecule is CC(C)c1ccc(-n2nnc(CN)c2-c2cccc(F)c2)cc1. The Morgan fingerprint density at radius 2 is 1.87 bits per heavy atom. The van der Waals surface area contributed by atoms with Gasteiger partial charge in [-0.1, -0.05) is 43.3 Å². The zero-order valence-electron chi connectivity index (χ0n) is 13.2. The van der Waals surface area contributed by atoms with Gasteiger partial charge in [0.25, 0.3) is 0 Å². The van der Waals surface area contributed by atoms with Gasteiger partial charge in [0.1, 0.15) is 11.5 Å². The molecule has 118 valence electrons. The third kappa shape index (κ3) is 3.00. The monoisotopic (exact) mass is 310 g/mol. The molecule has 0 bridgehead atoms. The smallest absolute Gasteiger partial charge is 0.123 e. The van der Waals surface area contributed by atoms with E-state index < -0.39 is 0 Å². The molecule has 0 aliphatic carbocycles. The van der Waals surface area contributed by atoms with Crippen molar-refractivity contribution >= 4 is 0 Å². The number of nitrogens with two attached hydrogens (primary N) is 1. The molecule has 3 aromatic rings. The fraction of sp³-hybridized carbons (Fsp3) is 0.222. The van der Waals surface area contributed by atoms with E-state index in [1.165, 1.54) is 17.7 Å². The van der Waals surface area contributed by atoms with Gasteiger partial charge in [0.15, 0.2) is 0 Å². The molecule has 0 saturated heterocycles. The van der Waals surface area contributed by atoms with Crippen LogP contribution in [0, 0.1) is 5.82 Å². The lowest BCUT2D eigenvalue weighted by Crippen LogP contribution is -2.03. The fourth-order valence-corrected chi connectivity index (χ4v) is 2.56. The summed E-state index contributed by atoms with van der Waals surface area (Å²) in [5, 5.41) is 8.34. The van der Waals surface area contributed by atoms with Crippen LogP contribution in [-0.2, 0) is 6.54 Å². The van der Waals surface area contributed by atoms with Gasteiger partial charge in [0.05, 0.1) is 11.4 Å². The number of rotatable bonds is 4. The van der Waals surface area contributed by atoms with Crippen LogP contribution in [0.15, 0.2) is 48.5 Å². The van der Waals surface area contributed by atoms with Crippen LogP contribution in [0.2, 0.25) is 0 Å². The predicted octanol–water partition coefficient (Wildman–Crippen LogP) is 3.66. The van der Waals surface area contributed by atoms with Crippen molar-refractivity contribution in [2.45, 2.75) is 26.3 Å². The van der Waals surface area contributed by atoms with Gasteiger partial charge < -0.3 is 5.73 Å². The normalized spacial score (nSPS) is 11.2. The van der Waals surface area contributed by atoms with Crippen molar-refractivity contribution in [3.8, 4) is 16.9 Å². The number of hydrogen-bond acceptors (Lipinski definition) is 3. The summed E-state index contributed by atoms with van der Waals surface area (Å²) in [4.78, 5) is 0. The van der Waals surface area contributed by atoms with E-state index in [0.717, 1.165) is 11.4 Å². The Hall–Kier alpha value is -2.53. The lowest BCUT2D eigenvalue weighted by atomic mass is 10.0. The number of benzene rings is 2. The van der Waals surface area contributed by atoms with Crippen LogP contribution in [0.3, 0.4) is 0 Å². The molecule has 1 aromatic heterocycles. The Bertz CT molecular complexity index is 806. The molecule has 0 spiro atoms. The molecule has 0 unspecified atom stereocenters. The first-order valence-corrected chi connectivity index (χ1v) is 7.61. The van der Waals surface area contributed by atoms with E-state index in [1.807, 2.05) is 18.2 Å². The first-order valence-electron chi connectivity index (χ1n) is 7.61. The molecule has 0 aliphatic heterocycles. The summed E-state index contributed by atoms with van der Waals surface area (Å²) in [6, 6.07) is 14.5. The van der Waals surface area contributed by atoms with Gasteiger partial charge in [-0.2, -0.15) is 0 Å². The van der Waals surface area contributed by atoms with E-state index in [2.05, 4.69) is 36.3 Å². The summed E-state index contributed by atoms with van der Waals surface area (Å²) in [7, 11) is 0. The second-order valence-corrected chi connectivity index (χ2v) is 5.76. The molecule has 5 heteroatoms. The fourth-order valence-electron chi connectivity index (χ4n) is 2.56. The van der Waals surface area contributed by atoms with E-state index in [9.17, 15) is 4.39 Å². The molecule has 0 aliphatic rings. The van der Waals surface area contributed by atoms with Gasteiger partial charge in [0, 0.05) is 12.1 Å². The van der Waals surface area contributed by atoms with E-state index >= 15 is 0 Å². The first-order chi connectivity index (χ1) is 11.1. The lowest BCUT2D eigenvalue weighted by molar-refractivity contribution is 0.628. The summed E-state index contributed by atoms with van der Waals surface area (Å²) in [6.07, 6.45) is 0.